The second kappa shape index (κ2) is 4.06. The van der Waals surface area contributed by atoms with Crippen LogP contribution in [0.25, 0.3) is 0 Å². The first-order valence-corrected chi connectivity index (χ1v) is 4.26. The highest BCUT2D eigenvalue weighted by Crippen LogP contribution is 2.26. The van der Waals surface area contributed by atoms with Gasteiger partial charge in [-0.25, -0.2) is 0 Å². The molecule has 0 atom stereocenters. The van der Waals surface area contributed by atoms with Crippen molar-refractivity contribution in [3.05, 3.63) is 23.0 Å². The lowest BCUT2D eigenvalue weighted by atomic mass is 10.2. The monoisotopic (exact) mass is 220 g/mol. The Hall–Kier alpha value is -1.30. The Morgan fingerprint density at radius 1 is 1.40 bits per heavy atom. The fraction of sp³-hybridized carbons (Fsp3) is 0.444. The van der Waals surface area contributed by atoms with Crippen molar-refractivity contribution in [2.75, 3.05) is 0 Å². The molecule has 0 radical (unpaired) electrons. The van der Waals surface area contributed by atoms with E-state index in [1.807, 2.05) is 0 Å². The molecule has 0 aliphatic rings. The summed E-state index contributed by atoms with van der Waals surface area (Å²) in [7, 11) is 0. The first kappa shape index (κ1) is 11.8. The second-order valence-electron chi connectivity index (χ2n) is 3.09. The van der Waals surface area contributed by atoms with E-state index in [-0.39, 0.29) is 18.0 Å². The van der Waals surface area contributed by atoms with E-state index in [4.69, 9.17) is 5.73 Å². The van der Waals surface area contributed by atoms with E-state index in [1.165, 1.54) is 6.07 Å². The van der Waals surface area contributed by atoms with Crippen molar-refractivity contribution < 1.29 is 17.9 Å². The van der Waals surface area contributed by atoms with E-state index in [9.17, 15) is 13.2 Å². The van der Waals surface area contributed by atoms with Crippen molar-refractivity contribution in [3.63, 3.8) is 0 Å². The van der Waals surface area contributed by atoms with Gasteiger partial charge >= 0.3 is 6.36 Å². The third-order valence-corrected chi connectivity index (χ3v) is 1.92. The van der Waals surface area contributed by atoms with Gasteiger partial charge in [-0.05, 0) is 25.5 Å². The van der Waals surface area contributed by atoms with Gasteiger partial charge in [0.1, 0.15) is 0 Å². The normalized spacial score (nSPS) is 11.6. The van der Waals surface area contributed by atoms with Crippen molar-refractivity contribution in [1.82, 2.24) is 4.98 Å². The fourth-order valence-electron chi connectivity index (χ4n) is 1.09. The number of nitrogens with two attached hydrogens (primary N) is 1. The zero-order valence-corrected chi connectivity index (χ0v) is 8.35. The van der Waals surface area contributed by atoms with Gasteiger partial charge in [0.25, 0.3) is 0 Å². The maximum Gasteiger partial charge on any atom is 0.573 e. The van der Waals surface area contributed by atoms with E-state index >= 15 is 0 Å². The third kappa shape index (κ3) is 3.09. The minimum atomic E-state index is -4.71. The Morgan fingerprint density at radius 2 is 2.00 bits per heavy atom. The first-order valence-electron chi connectivity index (χ1n) is 4.26. The summed E-state index contributed by atoms with van der Waals surface area (Å²) in [6.07, 6.45) is -4.71. The molecule has 6 heteroatoms. The van der Waals surface area contributed by atoms with Gasteiger partial charge in [-0.2, -0.15) is 0 Å². The van der Waals surface area contributed by atoms with Gasteiger partial charge in [-0.15, -0.1) is 13.2 Å². The quantitative estimate of drug-likeness (QED) is 0.829. The molecule has 0 bridgehead atoms. The third-order valence-electron chi connectivity index (χ3n) is 1.92. The molecule has 0 saturated carbocycles. The number of ether oxygens (including phenoxy) is 1. The Morgan fingerprint density at radius 3 is 2.47 bits per heavy atom. The van der Waals surface area contributed by atoms with Crippen LogP contribution in [0.3, 0.4) is 0 Å². The maximum atomic E-state index is 12.0. The molecule has 1 aromatic rings. The van der Waals surface area contributed by atoms with Crippen LogP contribution in [0.5, 0.6) is 5.75 Å². The van der Waals surface area contributed by atoms with Crippen molar-refractivity contribution in [1.29, 1.82) is 0 Å². The van der Waals surface area contributed by atoms with Crippen LogP contribution in [0.4, 0.5) is 13.2 Å². The standard InChI is InChI=1S/C9H11F3N2O/c1-5-3-8(15-9(10,11)12)7(4-13)14-6(5)2/h3H,4,13H2,1-2H3. The van der Waals surface area contributed by atoms with Crippen molar-refractivity contribution in [2.24, 2.45) is 5.73 Å². The average Bonchev–Trinajstić information content (AvgIpc) is 2.08. The molecule has 0 unspecified atom stereocenters. The molecule has 0 spiro atoms. The van der Waals surface area contributed by atoms with E-state index in [1.54, 1.807) is 13.8 Å². The lowest BCUT2D eigenvalue weighted by molar-refractivity contribution is -0.275. The van der Waals surface area contributed by atoms with E-state index in [2.05, 4.69) is 9.72 Å². The van der Waals surface area contributed by atoms with Crippen LogP contribution < -0.4 is 10.5 Å². The van der Waals surface area contributed by atoms with Crippen molar-refractivity contribution >= 4 is 0 Å². The van der Waals surface area contributed by atoms with Gasteiger partial charge < -0.3 is 10.5 Å². The molecule has 3 nitrogen and oxygen atoms in total. The van der Waals surface area contributed by atoms with Crippen molar-refractivity contribution in [3.8, 4) is 5.75 Å². The summed E-state index contributed by atoms with van der Waals surface area (Å²) < 4.78 is 39.8. The number of nitrogens with zero attached hydrogens (tertiary/aromatic N) is 1. The average molecular weight is 220 g/mol. The highest BCUT2D eigenvalue weighted by molar-refractivity contribution is 5.34. The predicted octanol–water partition coefficient (Wildman–Crippen LogP) is 2.06. The second-order valence-corrected chi connectivity index (χ2v) is 3.09. The van der Waals surface area contributed by atoms with E-state index < -0.39 is 6.36 Å². The van der Waals surface area contributed by atoms with Crippen LogP contribution in [0.1, 0.15) is 17.0 Å². The maximum absolute atomic E-state index is 12.0. The summed E-state index contributed by atoms with van der Waals surface area (Å²) in [6.45, 7) is 3.27. The van der Waals surface area contributed by atoms with Gasteiger partial charge in [0.05, 0.1) is 5.69 Å². The highest BCUT2D eigenvalue weighted by Gasteiger charge is 2.32. The summed E-state index contributed by atoms with van der Waals surface area (Å²) in [5.41, 5.74) is 6.66. The Labute approximate surface area is 85.1 Å². The molecule has 0 aromatic carbocycles. The zero-order valence-electron chi connectivity index (χ0n) is 8.35. The van der Waals surface area contributed by atoms with Gasteiger partial charge in [0.2, 0.25) is 0 Å². The first-order chi connectivity index (χ1) is 6.83. The SMILES string of the molecule is Cc1cc(OC(F)(F)F)c(CN)nc1C. The zero-order chi connectivity index (χ0) is 11.6. The number of rotatable bonds is 2. The lowest BCUT2D eigenvalue weighted by Crippen LogP contribution is -2.19. The molecule has 0 aliphatic carbocycles. The van der Waals surface area contributed by atoms with Crippen LogP contribution >= 0.6 is 0 Å². The number of hydrogen-bond donors (Lipinski definition) is 1. The molecule has 0 amide bonds. The molecule has 1 aromatic heterocycles. The summed E-state index contributed by atoms with van der Waals surface area (Å²) >= 11 is 0. The summed E-state index contributed by atoms with van der Waals surface area (Å²) in [5.74, 6) is -0.326. The van der Waals surface area contributed by atoms with E-state index in [0.717, 1.165) is 0 Å². The largest absolute Gasteiger partial charge is 0.573 e. The number of aromatic nitrogens is 1. The van der Waals surface area contributed by atoms with Crippen LogP contribution in [-0.4, -0.2) is 11.3 Å². The molecular formula is C9H11F3N2O. The topological polar surface area (TPSA) is 48.1 Å². The van der Waals surface area contributed by atoms with Gasteiger partial charge in [-0.3, -0.25) is 4.98 Å². The molecule has 1 heterocycles. The molecule has 1 rings (SSSR count). The van der Waals surface area contributed by atoms with E-state index in [0.29, 0.717) is 11.3 Å². The summed E-state index contributed by atoms with van der Waals surface area (Å²) in [4.78, 5) is 3.93. The number of halogens is 3. The lowest BCUT2D eigenvalue weighted by Gasteiger charge is -2.13. The molecule has 84 valence electrons. The van der Waals surface area contributed by atoms with Crippen LogP contribution in [0.2, 0.25) is 0 Å². The number of aryl methyl sites for hydroxylation is 2. The Kier molecular flexibility index (Phi) is 3.18. The molecule has 15 heavy (non-hydrogen) atoms. The summed E-state index contributed by atoms with van der Waals surface area (Å²) in [5, 5.41) is 0. The van der Waals surface area contributed by atoms with Crippen molar-refractivity contribution in [2.45, 2.75) is 26.8 Å². The highest BCUT2D eigenvalue weighted by atomic mass is 19.4. The Balaban J connectivity index is 3.11. The molecule has 0 fully saturated rings. The fourth-order valence-corrected chi connectivity index (χ4v) is 1.09. The minimum Gasteiger partial charge on any atom is -0.404 e. The Bertz CT molecular complexity index is 363. The summed E-state index contributed by atoms with van der Waals surface area (Å²) in [6, 6.07) is 1.29. The van der Waals surface area contributed by atoms with Crippen LogP contribution in [-0.2, 0) is 6.54 Å². The number of hydrogen-bond acceptors (Lipinski definition) is 3. The number of pyridine rings is 1. The van der Waals surface area contributed by atoms with Crippen LogP contribution in [0, 0.1) is 13.8 Å². The smallest absolute Gasteiger partial charge is 0.404 e. The number of alkyl halides is 3. The minimum absolute atomic E-state index is 0.0907. The molecule has 0 aliphatic heterocycles. The predicted molar refractivity (Wildman–Crippen MR) is 48.3 cm³/mol. The molecule has 0 saturated heterocycles. The molecule has 2 N–H and O–H groups in total. The van der Waals surface area contributed by atoms with Gasteiger partial charge in [0, 0.05) is 12.2 Å². The van der Waals surface area contributed by atoms with Crippen LogP contribution in [0.15, 0.2) is 6.07 Å². The van der Waals surface area contributed by atoms with Gasteiger partial charge in [-0.1, -0.05) is 0 Å². The molecular weight excluding hydrogens is 209 g/mol. The van der Waals surface area contributed by atoms with Gasteiger partial charge in [0.15, 0.2) is 5.75 Å².